The molecular formula is C14H14N4O4. The van der Waals surface area contributed by atoms with Gasteiger partial charge in [0.05, 0.1) is 4.92 Å². The second-order valence-corrected chi connectivity index (χ2v) is 4.74. The smallest absolute Gasteiger partial charge is 0.309 e. The first-order valence-electron chi connectivity index (χ1n) is 6.46. The maximum absolute atomic E-state index is 11.9. The van der Waals surface area contributed by atoms with E-state index in [4.69, 9.17) is 0 Å². The van der Waals surface area contributed by atoms with Gasteiger partial charge in [0.1, 0.15) is 18.4 Å². The molecule has 0 saturated carbocycles. The predicted molar refractivity (Wildman–Crippen MR) is 78.7 cm³/mol. The Balaban J connectivity index is 2.02. The monoisotopic (exact) mass is 302 g/mol. The van der Waals surface area contributed by atoms with Crippen molar-refractivity contribution in [1.29, 1.82) is 0 Å². The largest absolute Gasteiger partial charge is 0.324 e. The lowest BCUT2D eigenvalue weighted by Crippen LogP contribution is -2.19. The maximum Gasteiger partial charge on any atom is 0.309 e. The molecule has 2 aromatic rings. The summed E-state index contributed by atoms with van der Waals surface area (Å²) in [5.41, 5.74) is 1.21. The second-order valence-electron chi connectivity index (χ2n) is 4.74. The number of nitro groups is 1. The molecule has 114 valence electrons. The quantitative estimate of drug-likeness (QED) is 0.516. The molecule has 1 N–H and O–H groups in total. The number of aryl methyl sites for hydroxylation is 1. The van der Waals surface area contributed by atoms with Gasteiger partial charge in [-0.15, -0.1) is 0 Å². The average Bonchev–Trinajstić information content (AvgIpc) is 2.80. The molecule has 0 spiro atoms. The summed E-state index contributed by atoms with van der Waals surface area (Å²) < 4.78 is 1.22. The molecule has 0 aliphatic heterocycles. The van der Waals surface area contributed by atoms with Gasteiger partial charge in [0.25, 0.3) is 0 Å². The highest BCUT2D eigenvalue weighted by atomic mass is 16.6. The fourth-order valence-corrected chi connectivity index (χ4v) is 1.90. The number of hydrogen-bond donors (Lipinski definition) is 1. The first kappa shape index (κ1) is 15.4. The topological polar surface area (TPSA) is 107 Å². The molecule has 8 heteroatoms. The van der Waals surface area contributed by atoms with Crippen molar-refractivity contribution in [3.63, 3.8) is 0 Å². The van der Waals surface area contributed by atoms with Crippen LogP contribution in [0.15, 0.2) is 30.5 Å². The number of benzene rings is 1. The van der Waals surface area contributed by atoms with Crippen molar-refractivity contribution in [2.75, 3.05) is 5.32 Å². The molecule has 1 aromatic carbocycles. The van der Waals surface area contributed by atoms with Gasteiger partial charge in [-0.1, -0.05) is 0 Å². The number of rotatable bonds is 5. The number of carbonyl (C=O) groups excluding carboxylic acids is 2. The number of carbonyl (C=O) groups is 2. The summed E-state index contributed by atoms with van der Waals surface area (Å²) in [7, 11) is 0. The maximum atomic E-state index is 11.9. The number of anilines is 1. The van der Waals surface area contributed by atoms with Crippen LogP contribution in [0.5, 0.6) is 0 Å². The summed E-state index contributed by atoms with van der Waals surface area (Å²) in [6, 6.07) is 6.46. The molecule has 1 heterocycles. The molecule has 0 aliphatic carbocycles. The van der Waals surface area contributed by atoms with Gasteiger partial charge in [-0.05, 0) is 38.1 Å². The highest BCUT2D eigenvalue weighted by molar-refractivity contribution is 5.95. The number of Topliss-reactive ketones (excluding diaryl/α,β-unsaturated/α-hetero) is 1. The molecule has 2 rings (SSSR count). The van der Waals surface area contributed by atoms with E-state index in [1.54, 1.807) is 24.3 Å². The Morgan fingerprint density at radius 1 is 1.32 bits per heavy atom. The number of aromatic nitrogens is 2. The van der Waals surface area contributed by atoms with Crippen LogP contribution in [0, 0.1) is 17.0 Å². The molecule has 0 atom stereocenters. The van der Waals surface area contributed by atoms with Gasteiger partial charge < -0.3 is 5.32 Å². The lowest BCUT2D eigenvalue weighted by atomic mass is 10.1. The summed E-state index contributed by atoms with van der Waals surface area (Å²) >= 11 is 0. The van der Waals surface area contributed by atoms with E-state index in [1.165, 1.54) is 24.7 Å². The molecule has 1 aromatic heterocycles. The lowest BCUT2D eigenvalue weighted by molar-refractivity contribution is -0.385. The number of amides is 1. The fraction of sp³-hybridized carbons (Fsp3) is 0.214. The Morgan fingerprint density at radius 2 is 1.95 bits per heavy atom. The van der Waals surface area contributed by atoms with Crippen LogP contribution in [0.1, 0.15) is 23.0 Å². The summed E-state index contributed by atoms with van der Waals surface area (Å²) in [6.07, 6.45) is 1.22. The minimum Gasteiger partial charge on any atom is -0.324 e. The summed E-state index contributed by atoms with van der Waals surface area (Å²) in [6.45, 7) is 2.83. The van der Waals surface area contributed by atoms with Crippen LogP contribution in [0.2, 0.25) is 0 Å². The third kappa shape index (κ3) is 3.54. The van der Waals surface area contributed by atoms with Gasteiger partial charge in [-0.3, -0.25) is 24.4 Å². The van der Waals surface area contributed by atoms with Crippen molar-refractivity contribution in [1.82, 2.24) is 9.78 Å². The van der Waals surface area contributed by atoms with Crippen molar-refractivity contribution in [3.05, 3.63) is 51.8 Å². The SMILES string of the molecule is CC(=O)c1ccc(NC(=O)Cn2cc([N+](=O)[O-])c(C)n2)cc1. The van der Waals surface area contributed by atoms with Gasteiger partial charge in [0.2, 0.25) is 5.91 Å². The van der Waals surface area contributed by atoms with Gasteiger partial charge >= 0.3 is 5.69 Å². The minimum atomic E-state index is -0.544. The number of hydrogen-bond acceptors (Lipinski definition) is 5. The normalized spacial score (nSPS) is 10.3. The highest BCUT2D eigenvalue weighted by Gasteiger charge is 2.16. The van der Waals surface area contributed by atoms with E-state index in [0.717, 1.165) is 0 Å². The average molecular weight is 302 g/mol. The van der Waals surface area contributed by atoms with Crippen LogP contribution in [-0.2, 0) is 11.3 Å². The van der Waals surface area contributed by atoms with Crippen molar-refractivity contribution in [2.45, 2.75) is 20.4 Å². The Hall–Kier alpha value is -3.03. The number of nitrogens with zero attached hydrogens (tertiary/aromatic N) is 3. The van der Waals surface area contributed by atoms with Gasteiger partial charge in [-0.25, -0.2) is 0 Å². The third-order valence-electron chi connectivity index (χ3n) is 3.00. The van der Waals surface area contributed by atoms with E-state index in [2.05, 4.69) is 10.4 Å². The first-order valence-corrected chi connectivity index (χ1v) is 6.46. The molecule has 1 amide bonds. The first-order chi connectivity index (χ1) is 10.4. The zero-order chi connectivity index (χ0) is 16.3. The number of ketones is 1. The Bertz CT molecular complexity index is 734. The van der Waals surface area contributed by atoms with Crippen LogP contribution in [-0.4, -0.2) is 26.4 Å². The van der Waals surface area contributed by atoms with E-state index in [-0.39, 0.29) is 29.6 Å². The van der Waals surface area contributed by atoms with Crippen molar-refractivity contribution in [2.24, 2.45) is 0 Å². The van der Waals surface area contributed by atoms with E-state index >= 15 is 0 Å². The molecule has 8 nitrogen and oxygen atoms in total. The molecule has 0 bridgehead atoms. The summed E-state index contributed by atoms with van der Waals surface area (Å²) in [4.78, 5) is 33.2. The van der Waals surface area contributed by atoms with Crippen molar-refractivity contribution < 1.29 is 14.5 Å². The zero-order valence-corrected chi connectivity index (χ0v) is 12.1. The van der Waals surface area contributed by atoms with Gasteiger partial charge in [0.15, 0.2) is 5.78 Å². The van der Waals surface area contributed by atoms with Gasteiger partial charge in [0, 0.05) is 11.3 Å². The van der Waals surface area contributed by atoms with Crippen LogP contribution >= 0.6 is 0 Å². The van der Waals surface area contributed by atoms with E-state index in [1.807, 2.05) is 0 Å². The molecule has 22 heavy (non-hydrogen) atoms. The standard InChI is InChI=1S/C14H14N4O4/c1-9-13(18(21)22)7-17(16-9)8-14(20)15-12-5-3-11(4-6-12)10(2)19/h3-7H,8H2,1-2H3,(H,15,20). The highest BCUT2D eigenvalue weighted by Crippen LogP contribution is 2.15. The van der Waals surface area contributed by atoms with E-state index < -0.39 is 4.92 Å². The van der Waals surface area contributed by atoms with Crippen molar-refractivity contribution in [3.8, 4) is 0 Å². The van der Waals surface area contributed by atoms with Crippen LogP contribution in [0.3, 0.4) is 0 Å². The third-order valence-corrected chi connectivity index (χ3v) is 3.00. The Kier molecular flexibility index (Phi) is 4.31. The Morgan fingerprint density at radius 3 is 2.45 bits per heavy atom. The lowest BCUT2D eigenvalue weighted by Gasteiger charge is -2.05. The Labute approximate surface area is 125 Å². The fourth-order valence-electron chi connectivity index (χ4n) is 1.90. The van der Waals surface area contributed by atoms with Crippen LogP contribution < -0.4 is 5.32 Å². The second kappa shape index (κ2) is 6.17. The predicted octanol–water partition coefficient (Wildman–Crippen LogP) is 1.94. The zero-order valence-electron chi connectivity index (χ0n) is 12.1. The summed E-state index contributed by atoms with van der Waals surface area (Å²) in [5.74, 6) is -0.426. The van der Waals surface area contributed by atoms with Gasteiger partial charge in [-0.2, -0.15) is 5.10 Å². The van der Waals surface area contributed by atoms with E-state index in [9.17, 15) is 19.7 Å². The summed E-state index contributed by atoms with van der Waals surface area (Å²) in [5, 5.41) is 17.3. The minimum absolute atomic E-state index is 0.0581. The molecule has 0 radical (unpaired) electrons. The molecular weight excluding hydrogens is 288 g/mol. The molecule has 0 fully saturated rings. The van der Waals surface area contributed by atoms with Crippen LogP contribution in [0.4, 0.5) is 11.4 Å². The van der Waals surface area contributed by atoms with Crippen molar-refractivity contribution >= 4 is 23.1 Å². The molecule has 0 aliphatic rings. The number of nitrogens with one attached hydrogen (secondary N) is 1. The van der Waals surface area contributed by atoms with Crippen LogP contribution in [0.25, 0.3) is 0 Å². The molecule has 0 unspecified atom stereocenters. The molecule has 0 saturated heterocycles. The van der Waals surface area contributed by atoms with E-state index in [0.29, 0.717) is 11.3 Å².